The number of ether oxygens (including phenoxy) is 1. The van der Waals surface area contributed by atoms with Crippen molar-refractivity contribution in [1.29, 1.82) is 0 Å². The summed E-state index contributed by atoms with van der Waals surface area (Å²) in [5.74, 6) is -0.351. The molecule has 1 fully saturated rings. The van der Waals surface area contributed by atoms with Gasteiger partial charge in [0.15, 0.2) is 3.95 Å². The molecule has 0 radical (unpaired) electrons. The number of anilines is 2. The smallest absolute Gasteiger partial charge is 0.323 e. The van der Waals surface area contributed by atoms with Crippen molar-refractivity contribution in [3.8, 4) is 0 Å². The van der Waals surface area contributed by atoms with Crippen molar-refractivity contribution >= 4 is 40.3 Å². The van der Waals surface area contributed by atoms with Gasteiger partial charge in [0, 0.05) is 18.7 Å². The normalized spacial score (nSPS) is 20.6. The quantitative estimate of drug-likeness (QED) is 0.608. The maximum absolute atomic E-state index is 11.9. The van der Waals surface area contributed by atoms with Crippen LogP contribution in [0.3, 0.4) is 0 Å². The van der Waals surface area contributed by atoms with Crippen molar-refractivity contribution in [1.82, 2.24) is 14.7 Å². The zero-order valence-corrected chi connectivity index (χ0v) is 15.6. The first-order chi connectivity index (χ1) is 12.0. The monoisotopic (exact) mass is 380 g/mol. The van der Waals surface area contributed by atoms with E-state index in [4.69, 9.17) is 17.0 Å². The second-order valence-corrected chi connectivity index (χ2v) is 7.63. The van der Waals surface area contributed by atoms with Crippen molar-refractivity contribution in [2.24, 2.45) is 0 Å². The molecular weight excluding hydrogens is 360 g/mol. The summed E-state index contributed by atoms with van der Waals surface area (Å²) in [5, 5.41) is 18.3. The number of aryl methyl sites for hydroxylation is 1. The highest BCUT2D eigenvalue weighted by atomic mass is 32.1. The van der Waals surface area contributed by atoms with Gasteiger partial charge in [-0.15, -0.1) is 5.10 Å². The molecule has 0 bridgehead atoms. The van der Waals surface area contributed by atoms with Crippen LogP contribution < -0.4 is 5.32 Å². The number of aromatic nitrogens is 2. The third kappa shape index (κ3) is 4.24. The first-order valence-electron chi connectivity index (χ1n) is 7.88. The van der Waals surface area contributed by atoms with Crippen molar-refractivity contribution in [3.05, 3.63) is 33.8 Å². The molecule has 0 saturated carbocycles. The number of carbonyl (C=O) groups excluding carboxylic acids is 1. The van der Waals surface area contributed by atoms with Gasteiger partial charge in [-0.25, -0.2) is 4.68 Å². The summed E-state index contributed by atoms with van der Waals surface area (Å²) in [4.78, 5) is 13.7. The van der Waals surface area contributed by atoms with Crippen LogP contribution in [-0.4, -0.2) is 51.6 Å². The number of esters is 1. The number of aliphatic hydroxyl groups excluding tert-OH is 1. The molecule has 3 rings (SSSR count). The van der Waals surface area contributed by atoms with E-state index in [1.165, 1.54) is 18.4 Å². The van der Waals surface area contributed by atoms with Gasteiger partial charge in [0.1, 0.15) is 6.04 Å². The van der Waals surface area contributed by atoms with Crippen molar-refractivity contribution in [2.45, 2.75) is 32.2 Å². The number of carbonyl (C=O) groups is 1. The van der Waals surface area contributed by atoms with Crippen LogP contribution in [0.25, 0.3) is 0 Å². The van der Waals surface area contributed by atoms with Gasteiger partial charge in [-0.3, -0.25) is 9.69 Å². The van der Waals surface area contributed by atoms with E-state index in [1.54, 1.807) is 4.68 Å². The summed E-state index contributed by atoms with van der Waals surface area (Å²) in [6.07, 6.45) is -0.194. The Balaban J connectivity index is 1.74. The van der Waals surface area contributed by atoms with Gasteiger partial charge in [0.2, 0.25) is 5.13 Å². The minimum absolute atomic E-state index is 0.335. The summed E-state index contributed by atoms with van der Waals surface area (Å²) in [5.41, 5.74) is 2.10. The van der Waals surface area contributed by atoms with Crippen molar-refractivity contribution < 1.29 is 14.6 Å². The first-order valence-corrected chi connectivity index (χ1v) is 9.10. The molecule has 0 aliphatic carbocycles. The molecule has 1 aromatic heterocycles. The van der Waals surface area contributed by atoms with Crippen LogP contribution in [0.5, 0.6) is 0 Å². The lowest BCUT2D eigenvalue weighted by atomic mass is 10.2. The van der Waals surface area contributed by atoms with E-state index in [0.29, 0.717) is 28.7 Å². The lowest BCUT2D eigenvalue weighted by Gasteiger charge is -2.21. The second-order valence-electron chi connectivity index (χ2n) is 6.01. The van der Waals surface area contributed by atoms with Gasteiger partial charge in [0.05, 0.1) is 19.9 Å². The molecule has 0 unspecified atom stereocenters. The standard InChI is InChI=1S/C16H20N4O3S2/c1-10-4-3-5-11(6-10)17-15-18-20(16(24)25-15)9-19-8-12(21)7-13(19)14(22)23-2/h3-6,12-13,21H,7-9H2,1-2H3,(H,17,18)/t12-,13-/m0/s1. The zero-order valence-electron chi connectivity index (χ0n) is 14.0. The maximum atomic E-state index is 11.9. The summed E-state index contributed by atoms with van der Waals surface area (Å²) >= 11 is 6.75. The molecule has 2 heterocycles. The topological polar surface area (TPSA) is 79.6 Å². The third-order valence-corrected chi connectivity index (χ3v) is 5.27. The molecule has 25 heavy (non-hydrogen) atoms. The molecule has 2 atom stereocenters. The number of aliphatic hydroxyl groups is 1. The molecule has 0 amide bonds. The fraction of sp³-hybridized carbons (Fsp3) is 0.438. The molecule has 134 valence electrons. The zero-order chi connectivity index (χ0) is 18.0. The number of hydrogen-bond acceptors (Lipinski definition) is 8. The predicted octanol–water partition coefficient (Wildman–Crippen LogP) is 2.29. The summed E-state index contributed by atoms with van der Waals surface area (Å²) < 4.78 is 7.08. The van der Waals surface area contributed by atoms with Crippen molar-refractivity contribution in [3.63, 3.8) is 0 Å². The molecule has 1 aliphatic heterocycles. The number of β-amino-alcohol motifs (C(OH)–C–C–N with tert-alkyl or cyclic N) is 1. The van der Waals surface area contributed by atoms with Gasteiger partial charge < -0.3 is 15.2 Å². The number of nitrogens with one attached hydrogen (secondary N) is 1. The summed E-state index contributed by atoms with van der Waals surface area (Å²) in [6, 6.07) is 7.51. The summed E-state index contributed by atoms with van der Waals surface area (Å²) in [7, 11) is 1.35. The SMILES string of the molecule is COC(=O)[C@@H]1C[C@H](O)CN1Cn1nc(Nc2cccc(C)c2)sc1=S. The number of methoxy groups -OCH3 is 1. The Bertz CT molecular complexity index is 820. The number of nitrogens with zero attached hydrogens (tertiary/aromatic N) is 3. The lowest BCUT2D eigenvalue weighted by molar-refractivity contribution is -0.146. The molecule has 9 heteroatoms. The number of benzene rings is 1. The molecular formula is C16H20N4O3S2. The fourth-order valence-corrected chi connectivity index (χ4v) is 3.89. The third-order valence-electron chi connectivity index (χ3n) is 4.05. The van der Waals surface area contributed by atoms with E-state index in [1.807, 2.05) is 36.1 Å². The van der Waals surface area contributed by atoms with E-state index in [9.17, 15) is 9.90 Å². The van der Waals surface area contributed by atoms with Gasteiger partial charge >= 0.3 is 5.97 Å². The molecule has 2 aromatic rings. The molecule has 7 nitrogen and oxygen atoms in total. The highest BCUT2D eigenvalue weighted by molar-refractivity contribution is 7.73. The van der Waals surface area contributed by atoms with Gasteiger partial charge in [-0.1, -0.05) is 23.5 Å². The van der Waals surface area contributed by atoms with E-state index in [-0.39, 0.29) is 5.97 Å². The highest BCUT2D eigenvalue weighted by Gasteiger charge is 2.37. The van der Waals surface area contributed by atoms with Crippen LogP contribution in [0.4, 0.5) is 10.8 Å². The molecule has 1 aromatic carbocycles. The van der Waals surface area contributed by atoms with Crippen LogP contribution in [-0.2, 0) is 16.2 Å². The molecule has 1 saturated heterocycles. The van der Waals surface area contributed by atoms with E-state index < -0.39 is 12.1 Å². The van der Waals surface area contributed by atoms with Crippen LogP contribution in [0.2, 0.25) is 0 Å². The molecule has 0 spiro atoms. The molecule has 1 aliphatic rings. The number of likely N-dealkylation sites (tertiary alicyclic amines) is 1. The van der Waals surface area contributed by atoms with Crippen molar-refractivity contribution in [2.75, 3.05) is 19.0 Å². The summed E-state index contributed by atoms with van der Waals surface area (Å²) in [6.45, 7) is 2.75. The lowest BCUT2D eigenvalue weighted by Crippen LogP contribution is -2.38. The Labute approximate surface area is 154 Å². The van der Waals surface area contributed by atoms with Crippen LogP contribution in [0, 0.1) is 10.9 Å². The number of hydrogen-bond donors (Lipinski definition) is 2. The van der Waals surface area contributed by atoms with E-state index in [2.05, 4.69) is 10.4 Å². The predicted molar refractivity (Wildman–Crippen MR) is 98.5 cm³/mol. The Kier molecular flexibility index (Phi) is 5.48. The Morgan fingerprint density at radius 1 is 1.56 bits per heavy atom. The second kappa shape index (κ2) is 7.61. The minimum atomic E-state index is -0.554. The van der Waals surface area contributed by atoms with E-state index >= 15 is 0 Å². The highest BCUT2D eigenvalue weighted by Crippen LogP contribution is 2.24. The van der Waals surface area contributed by atoms with Crippen LogP contribution in [0.15, 0.2) is 24.3 Å². The van der Waals surface area contributed by atoms with Crippen LogP contribution >= 0.6 is 23.6 Å². The molecule has 2 N–H and O–H groups in total. The van der Waals surface area contributed by atoms with Gasteiger partial charge in [-0.2, -0.15) is 0 Å². The Hall–Kier alpha value is -1.81. The Morgan fingerprint density at radius 3 is 3.08 bits per heavy atom. The average Bonchev–Trinajstić information content (AvgIpc) is 3.09. The maximum Gasteiger partial charge on any atom is 0.323 e. The largest absolute Gasteiger partial charge is 0.468 e. The van der Waals surface area contributed by atoms with E-state index in [0.717, 1.165) is 11.3 Å². The average molecular weight is 380 g/mol. The Morgan fingerprint density at radius 2 is 2.36 bits per heavy atom. The minimum Gasteiger partial charge on any atom is -0.468 e. The van der Waals surface area contributed by atoms with Gasteiger partial charge in [-0.05, 0) is 36.8 Å². The fourth-order valence-electron chi connectivity index (χ4n) is 2.88. The first kappa shape index (κ1) is 18.0. The van der Waals surface area contributed by atoms with Gasteiger partial charge in [0.25, 0.3) is 0 Å². The number of rotatable bonds is 5. The van der Waals surface area contributed by atoms with Crippen LogP contribution in [0.1, 0.15) is 12.0 Å².